The summed E-state index contributed by atoms with van der Waals surface area (Å²) in [4.78, 5) is 24.0. The number of aromatic carboxylic acids is 1. The molecule has 17 heavy (non-hydrogen) atoms. The van der Waals surface area contributed by atoms with E-state index < -0.39 is 5.97 Å². The van der Waals surface area contributed by atoms with Crippen LogP contribution >= 0.6 is 0 Å². The van der Waals surface area contributed by atoms with E-state index in [-0.39, 0.29) is 17.5 Å². The molecule has 1 aliphatic rings. The second-order valence-corrected chi connectivity index (χ2v) is 4.26. The van der Waals surface area contributed by atoms with Crippen LogP contribution in [0.1, 0.15) is 41.9 Å². The largest absolute Gasteiger partial charge is 0.476 e. The van der Waals surface area contributed by atoms with Crippen molar-refractivity contribution in [1.29, 1.82) is 0 Å². The topological polar surface area (TPSA) is 86.3 Å². The summed E-state index contributed by atoms with van der Waals surface area (Å²) in [7, 11) is 0. The first-order valence-electron chi connectivity index (χ1n) is 5.68. The molecular formula is C11H15N3O3. The molecule has 0 radical (unpaired) electrons. The molecule has 1 aliphatic heterocycles. The lowest BCUT2D eigenvalue weighted by atomic mass is 9.95. The van der Waals surface area contributed by atoms with E-state index in [0.29, 0.717) is 19.5 Å². The highest BCUT2D eigenvalue weighted by atomic mass is 16.4. The Hall–Kier alpha value is -1.85. The lowest BCUT2D eigenvalue weighted by molar-refractivity contribution is -0.135. The molecular weight excluding hydrogens is 222 g/mol. The van der Waals surface area contributed by atoms with Gasteiger partial charge in [-0.25, -0.2) is 4.79 Å². The van der Waals surface area contributed by atoms with Crippen LogP contribution in [-0.2, 0) is 4.79 Å². The Balaban J connectivity index is 1.90. The quantitative estimate of drug-likeness (QED) is 0.812. The Morgan fingerprint density at radius 3 is 2.82 bits per heavy atom. The van der Waals surface area contributed by atoms with Crippen LogP contribution in [0, 0.1) is 0 Å². The predicted octanol–water partition coefficient (Wildman–Crippen LogP) is 0.834. The number of carbonyl (C=O) groups excluding carboxylic acids is 1. The van der Waals surface area contributed by atoms with E-state index in [0.717, 1.165) is 12.1 Å². The number of aromatic nitrogens is 2. The predicted molar refractivity (Wildman–Crippen MR) is 59.8 cm³/mol. The van der Waals surface area contributed by atoms with Crippen molar-refractivity contribution in [1.82, 2.24) is 15.1 Å². The molecule has 0 bridgehead atoms. The zero-order valence-electron chi connectivity index (χ0n) is 9.64. The fraction of sp³-hybridized carbons (Fsp3) is 0.545. The molecule has 92 valence electrons. The number of rotatable bonds is 4. The van der Waals surface area contributed by atoms with Crippen molar-refractivity contribution in [2.75, 3.05) is 13.1 Å². The molecule has 1 saturated heterocycles. The van der Waals surface area contributed by atoms with Gasteiger partial charge in [0, 0.05) is 31.1 Å². The van der Waals surface area contributed by atoms with Crippen molar-refractivity contribution in [2.24, 2.45) is 0 Å². The molecule has 0 aliphatic carbocycles. The third kappa shape index (κ3) is 2.30. The van der Waals surface area contributed by atoms with Gasteiger partial charge in [-0.05, 0) is 12.5 Å². The summed E-state index contributed by atoms with van der Waals surface area (Å²) in [6.45, 7) is 3.28. The molecule has 2 rings (SSSR count). The molecule has 1 aromatic rings. The van der Waals surface area contributed by atoms with E-state index >= 15 is 0 Å². The van der Waals surface area contributed by atoms with Crippen molar-refractivity contribution < 1.29 is 14.7 Å². The summed E-state index contributed by atoms with van der Waals surface area (Å²) < 4.78 is 0. The number of nitrogens with one attached hydrogen (secondary N) is 1. The molecule has 1 amide bonds. The minimum atomic E-state index is -1.04. The van der Waals surface area contributed by atoms with Crippen LogP contribution in [0.4, 0.5) is 0 Å². The molecule has 0 unspecified atom stereocenters. The zero-order valence-corrected chi connectivity index (χ0v) is 9.64. The summed E-state index contributed by atoms with van der Waals surface area (Å²) in [5.41, 5.74) is 0.821. The second-order valence-electron chi connectivity index (χ2n) is 4.26. The average Bonchev–Trinajstić information content (AvgIpc) is 2.65. The molecule has 0 aromatic carbocycles. The van der Waals surface area contributed by atoms with Crippen molar-refractivity contribution in [3.63, 3.8) is 0 Å². The van der Waals surface area contributed by atoms with Crippen LogP contribution < -0.4 is 0 Å². The highest BCUT2D eigenvalue weighted by Crippen LogP contribution is 2.26. The first-order chi connectivity index (χ1) is 8.11. The third-order valence-electron chi connectivity index (χ3n) is 2.95. The standard InChI is InChI=1S/C11H15N3O3/c1-2-3-10(15)14-5-7(6-14)8-4-9(11(16)17)13-12-8/h4,7H,2-3,5-6H2,1H3,(H,12,13)(H,16,17). The number of carbonyl (C=O) groups is 2. The maximum absolute atomic E-state index is 11.5. The second kappa shape index (κ2) is 4.57. The maximum Gasteiger partial charge on any atom is 0.356 e. The highest BCUT2D eigenvalue weighted by molar-refractivity contribution is 5.85. The molecule has 0 atom stereocenters. The van der Waals surface area contributed by atoms with Crippen LogP contribution in [0.25, 0.3) is 0 Å². The number of aromatic amines is 1. The average molecular weight is 237 g/mol. The molecule has 1 fully saturated rings. The summed E-state index contributed by atoms with van der Waals surface area (Å²) in [6, 6.07) is 1.54. The van der Waals surface area contributed by atoms with Crippen molar-refractivity contribution in [3.05, 3.63) is 17.5 Å². The van der Waals surface area contributed by atoms with Gasteiger partial charge in [-0.2, -0.15) is 5.10 Å². The third-order valence-corrected chi connectivity index (χ3v) is 2.95. The Kier molecular flexibility index (Phi) is 3.12. The Bertz CT molecular complexity index is 435. The summed E-state index contributed by atoms with van der Waals surface area (Å²) >= 11 is 0. The van der Waals surface area contributed by atoms with E-state index in [9.17, 15) is 9.59 Å². The van der Waals surface area contributed by atoms with Gasteiger partial charge in [0.1, 0.15) is 0 Å². The lowest BCUT2D eigenvalue weighted by Crippen LogP contribution is -2.48. The van der Waals surface area contributed by atoms with Gasteiger partial charge in [0.2, 0.25) is 5.91 Å². The van der Waals surface area contributed by atoms with Crippen molar-refractivity contribution in [3.8, 4) is 0 Å². The van der Waals surface area contributed by atoms with Crippen molar-refractivity contribution in [2.45, 2.75) is 25.7 Å². The Morgan fingerprint density at radius 2 is 2.29 bits per heavy atom. The summed E-state index contributed by atoms with van der Waals surface area (Å²) in [5, 5.41) is 15.1. The minimum absolute atomic E-state index is 0.0262. The summed E-state index contributed by atoms with van der Waals surface area (Å²) in [5.74, 6) is -0.677. The molecule has 6 heteroatoms. The maximum atomic E-state index is 11.5. The van der Waals surface area contributed by atoms with Crippen LogP contribution in [0.2, 0.25) is 0 Å². The van der Waals surface area contributed by atoms with Gasteiger partial charge >= 0.3 is 5.97 Å². The monoisotopic (exact) mass is 237 g/mol. The minimum Gasteiger partial charge on any atom is -0.476 e. The zero-order chi connectivity index (χ0) is 12.4. The smallest absolute Gasteiger partial charge is 0.356 e. The van der Waals surface area contributed by atoms with Gasteiger partial charge in [-0.15, -0.1) is 0 Å². The van der Waals surface area contributed by atoms with E-state index in [4.69, 9.17) is 5.11 Å². The van der Waals surface area contributed by atoms with Crippen LogP contribution in [0.5, 0.6) is 0 Å². The van der Waals surface area contributed by atoms with Crippen LogP contribution in [0.3, 0.4) is 0 Å². The first-order valence-corrected chi connectivity index (χ1v) is 5.68. The number of nitrogens with zero attached hydrogens (tertiary/aromatic N) is 2. The van der Waals surface area contributed by atoms with E-state index in [1.54, 1.807) is 4.90 Å². The number of carboxylic acids is 1. The highest BCUT2D eigenvalue weighted by Gasteiger charge is 2.32. The molecule has 1 aromatic heterocycles. The van der Waals surface area contributed by atoms with Crippen molar-refractivity contribution >= 4 is 11.9 Å². The normalized spacial score (nSPS) is 15.7. The fourth-order valence-electron chi connectivity index (χ4n) is 1.91. The number of amides is 1. The van der Waals surface area contributed by atoms with Gasteiger partial charge in [-0.1, -0.05) is 6.92 Å². The summed E-state index contributed by atoms with van der Waals surface area (Å²) in [6.07, 6.45) is 1.43. The lowest BCUT2D eigenvalue weighted by Gasteiger charge is -2.38. The van der Waals surface area contributed by atoms with E-state index in [1.807, 2.05) is 6.92 Å². The van der Waals surface area contributed by atoms with Crippen LogP contribution in [0.15, 0.2) is 6.07 Å². The fourth-order valence-corrected chi connectivity index (χ4v) is 1.91. The Morgan fingerprint density at radius 1 is 1.59 bits per heavy atom. The van der Waals surface area contributed by atoms with E-state index in [1.165, 1.54) is 6.07 Å². The van der Waals surface area contributed by atoms with Gasteiger partial charge in [0.25, 0.3) is 0 Å². The molecule has 2 heterocycles. The van der Waals surface area contributed by atoms with Crippen LogP contribution in [-0.4, -0.2) is 45.2 Å². The van der Waals surface area contributed by atoms with Gasteiger partial charge in [0.05, 0.1) is 0 Å². The molecule has 2 N–H and O–H groups in total. The first kappa shape index (κ1) is 11.6. The SMILES string of the molecule is CCCC(=O)N1CC(c2cc(C(=O)O)n[nH]2)C1. The Labute approximate surface area is 98.6 Å². The number of likely N-dealkylation sites (tertiary alicyclic amines) is 1. The number of carboxylic acid groups (broad SMARTS) is 1. The number of hydrogen-bond acceptors (Lipinski definition) is 3. The van der Waals surface area contributed by atoms with Gasteiger partial charge in [0.15, 0.2) is 5.69 Å². The molecule has 0 spiro atoms. The van der Waals surface area contributed by atoms with E-state index in [2.05, 4.69) is 10.2 Å². The molecule has 6 nitrogen and oxygen atoms in total. The number of hydrogen-bond donors (Lipinski definition) is 2. The number of H-pyrrole nitrogens is 1. The van der Waals surface area contributed by atoms with Gasteiger partial charge < -0.3 is 10.0 Å². The van der Waals surface area contributed by atoms with Gasteiger partial charge in [-0.3, -0.25) is 9.89 Å². The molecule has 0 saturated carbocycles.